The predicted octanol–water partition coefficient (Wildman–Crippen LogP) is 2.90. The zero-order valence-corrected chi connectivity index (χ0v) is 18.6. The number of nitro groups is 1. The minimum absolute atomic E-state index is 0.102. The van der Waals surface area contributed by atoms with Gasteiger partial charge in [0.15, 0.2) is 9.84 Å². The van der Waals surface area contributed by atoms with Gasteiger partial charge in [-0.25, -0.2) is 8.42 Å². The fourth-order valence-corrected chi connectivity index (χ4v) is 4.32. The van der Waals surface area contributed by atoms with E-state index in [1.807, 2.05) is 0 Å². The SMILES string of the molecule is CS(=O)(=O)c1cc(C(=O)N2CCN(C(=O)c3ccc(Cl)cc3Cl)CC2)cc([N+](=O)[O-])c1. The molecule has 0 spiro atoms. The Hall–Kier alpha value is -2.69. The van der Waals surface area contributed by atoms with Crippen molar-refractivity contribution in [3.8, 4) is 0 Å². The van der Waals surface area contributed by atoms with Crippen molar-refractivity contribution in [2.24, 2.45) is 0 Å². The zero-order valence-electron chi connectivity index (χ0n) is 16.2. The second-order valence-corrected chi connectivity index (χ2v) is 9.81. The second-order valence-electron chi connectivity index (χ2n) is 6.95. The number of nitro benzene ring substituents is 1. The summed E-state index contributed by atoms with van der Waals surface area (Å²) in [6.07, 6.45) is 0.909. The topological polar surface area (TPSA) is 118 Å². The molecule has 1 heterocycles. The number of amides is 2. The van der Waals surface area contributed by atoms with Crippen LogP contribution in [-0.2, 0) is 9.84 Å². The molecule has 0 aromatic heterocycles. The van der Waals surface area contributed by atoms with Crippen LogP contribution in [0.15, 0.2) is 41.3 Å². The van der Waals surface area contributed by atoms with Crippen LogP contribution in [0.1, 0.15) is 20.7 Å². The van der Waals surface area contributed by atoms with Gasteiger partial charge in [-0.3, -0.25) is 19.7 Å². The maximum Gasteiger partial charge on any atom is 0.271 e. The summed E-state index contributed by atoms with van der Waals surface area (Å²) < 4.78 is 23.7. The maximum absolute atomic E-state index is 12.9. The lowest BCUT2D eigenvalue weighted by Crippen LogP contribution is -2.50. The van der Waals surface area contributed by atoms with Crippen LogP contribution in [0.3, 0.4) is 0 Å². The van der Waals surface area contributed by atoms with Crippen LogP contribution in [0.5, 0.6) is 0 Å². The van der Waals surface area contributed by atoms with Gasteiger partial charge in [-0.1, -0.05) is 23.2 Å². The molecule has 1 aliphatic rings. The summed E-state index contributed by atoms with van der Waals surface area (Å²) in [5.74, 6) is -0.853. The monoisotopic (exact) mass is 485 g/mol. The van der Waals surface area contributed by atoms with Crippen molar-refractivity contribution in [2.75, 3.05) is 32.4 Å². The van der Waals surface area contributed by atoms with E-state index in [4.69, 9.17) is 23.2 Å². The Balaban J connectivity index is 1.76. The third-order valence-electron chi connectivity index (χ3n) is 4.79. The van der Waals surface area contributed by atoms with E-state index < -0.39 is 26.4 Å². The molecular formula is C19H17Cl2N3O6S. The van der Waals surface area contributed by atoms with Crippen molar-refractivity contribution in [1.82, 2.24) is 9.80 Å². The molecule has 2 aromatic rings. The molecule has 1 fully saturated rings. The van der Waals surface area contributed by atoms with Gasteiger partial charge < -0.3 is 9.80 Å². The van der Waals surface area contributed by atoms with Gasteiger partial charge in [-0.2, -0.15) is 0 Å². The third-order valence-corrected chi connectivity index (χ3v) is 6.43. The number of hydrogen-bond acceptors (Lipinski definition) is 6. The predicted molar refractivity (Wildman–Crippen MR) is 114 cm³/mol. The van der Waals surface area contributed by atoms with Crippen molar-refractivity contribution in [3.63, 3.8) is 0 Å². The summed E-state index contributed by atoms with van der Waals surface area (Å²) in [6, 6.07) is 7.64. The largest absolute Gasteiger partial charge is 0.335 e. The normalized spacial score (nSPS) is 14.4. The van der Waals surface area contributed by atoms with Gasteiger partial charge in [0.2, 0.25) is 0 Å². The summed E-state index contributed by atoms with van der Waals surface area (Å²) in [5.41, 5.74) is -0.296. The third kappa shape index (κ3) is 5.15. The van der Waals surface area contributed by atoms with E-state index in [9.17, 15) is 28.1 Å². The van der Waals surface area contributed by atoms with Crippen LogP contribution in [0, 0.1) is 10.1 Å². The fourth-order valence-electron chi connectivity index (χ4n) is 3.15. The van der Waals surface area contributed by atoms with Gasteiger partial charge >= 0.3 is 0 Å². The Kier molecular flexibility index (Phi) is 6.54. The number of rotatable bonds is 4. The first-order chi connectivity index (χ1) is 14.5. The van der Waals surface area contributed by atoms with E-state index in [1.54, 1.807) is 6.07 Å². The average Bonchev–Trinajstić information content (AvgIpc) is 2.72. The average molecular weight is 486 g/mol. The summed E-state index contributed by atoms with van der Waals surface area (Å²) in [7, 11) is -3.75. The second kappa shape index (κ2) is 8.81. The molecule has 1 aliphatic heterocycles. The molecule has 2 aromatic carbocycles. The highest BCUT2D eigenvalue weighted by Gasteiger charge is 2.28. The van der Waals surface area contributed by atoms with E-state index in [2.05, 4.69) is 0 Å². The first-order valence-electron chi connectivity index (χ1n) is 9.00. The number of benzene rings is 2. The molecule has 0 N–H and O–H groups in total. The quantitative estimate of drug-likeness (QED) is 0.485. The lowest BCUT2D eigenvalue weighted by Gasteiger charge is -2.35. The van der Waals surface area contributed by atoms with Gasteiger partial charge in [0.1, 0.15) is 0 Å². The summed E-state index contributed by atoms with van der Waals surface area (Å²) in [4.78, 5) is 38.6. The number of piperazine rings is 1. The molecule has 164 valence electrons. The van der Waals surface area contributed by atoms with E-state index in [0.29, 0.717) is 10.6 Å². The summed E-state index contributed by atoms with van der Waals surface area (Å²) >= 11 is 12.0. The lowest BCUT2D eigenvalue weighted by atomic mass is 10.1. The Labute approximate surface area is 188 Å². The van der Waals surface area contributed by atoms with Crippen molar-refractivity contribution >= 4 is 50.5 Å². The fraction of sp³-hybridized carbons (Fsp3) is 0.263. The van der Waals surface area contributed by atoms with Crippen LogP contribution in [-0.4, -0.2) is 67.4 Å². The maximum atomic E-state index is 12.9. The molecule has 0 saturated carbocycles. The van der Waals surface area contributed by atoms with Gasteiger partial charge in [0, 0.05) is 55.2 Å². The molecule has 2 amide bonds. The number of carbonyl (C=O) groups is 2. The Morgan fingerprint density at radius 3 is 2.06 bits per heavy atom. The molecule has 0 aliphatic carbocycles. The van der Waals surface area contributed by atoms with Crippen LogP contribution in [0.2, 0.25) is 10.0 Å². The molecule has 1 saturated heterocycles. The van der Waals surface area contributed by atoms with Gasteiger partial charge in [0.05, 0.1) is 20.4 Å². The molecule has 0 atom stereocenters. The Morgan fingerprint density at radius 2 is 1.55 bits per heavy atom. The van der Waals surface area contributed by atoms with Crippen LogP contribution < -0.4 is 0 Å². The number of non-ortho nitro benzene ring substituents is 1. The first-order valence-corrected chi connectivity index (χ1v) is 11.7. The minimum Gasteiger partial charge on any atom is -0.335 e. The molecule has 12 heteroatoms. The Bertz CT molecular complexity index is 1180. The van der Waals surface area contributed by atoms with Crippen molar-refractivity contribution in [3.05, 3.63) is 67.7 Å². The molecule has 0 radical (unpaired) electrons. The van der Waals surface area contributed by atoms with Gasteiger partial charge in [-0.15, -0.1) is 0 Å². The number of nitrogens with zero attached hydrogens (tertiary/aromatic N) is 3. The molecule has 31 heavy (non-hydrogen) atoms. The highest BCUT2D eigenvalue weighted by molar-refractivity contribution is 7.90. The van der Waals surface area contributed by atoms with E-state index >= 15 is 0 Å². The molecule has 9 nitrogen and oxygen atoms in total. The smallest absolute Gasteiger partial charge is 0.271 e. The van der Waals surface area contributed by atoms with Crippen molar-refractivity contribution in [2.45, 2.75) is 4.90 Å². The molecule has 3 rings (SSSR count). The van der Waals surface area contributed by atoms with E-state index in [0.717, 1.165) is 24.5 Å². The highest BCUT2D eigenvalue weighted by Crippen LogP contribution is 2.24. The molecule has 0 unspecified atom stereocenters. The summed E-state index contributed by atoms with van der Waals surface area (Å²) in [5, 5.41) is 11.8. The standard InChI is InChI=1S/C19H17Cl2N3O6S/c1-31(29,30)15-9-12(8-14(11-15)24(27)28)18(25)22-4-6-23(7-5-22)19(26)16-3-2-13(20)10-17(16)21/h2-3,8-11H,4-7H2,1H3. The Morgan fingerprint density at radius 1 is 0.968 bits per heavy atom. The van der Waals surface area contributed by atoms with Gasteiger partial charge in [0.25, 0.3) is 17.5 Å². The van der Waals surface area contributed by atoms with E-state index in [-0.39, 0.29) is 47.6 Å². The van der Waals surface area contributed by atoms with Crippen LogP contribution in [0.4, 0.5) is 5.69 Å². The minimum atomic E-state index is -3.75. The van der Waals surface area contributed by atoms with Crippen molar-refractivity contribution in [1.29, 1.82) is 0 Å². The molecular weight excluding hydrogens is 469 g/mol. The van der Waals surface area contributed by atoms with E-state index in [1.165, 1.54) is 21.9 Å². The number of sulfone groups is 1. The first kappa shape index (κ1) is 23.0. The lowest BCUT2D eigenvalue weighted by molar-refractivity contribution is -0.385. The highest BCUT2D eigenvalue weighted by atomic mass is 35.5. The number of hydrogen-bond donors (Lipinski definition) is 0. The van der Waals surface area contributed by atoms with Crippen molar-refractivity contribution < 1.29 is 22.9 Å². The zero-order chi connectivity index (χ0) is 22.9. The number of halogens is 2. The summed E-state index contributed by atoms with van der Waals surface area (Å²) in [6.45, 7) is 0.786. The van der Waals surface area contributed by atoms with Crippen LogP contribution >= 0.6 is 23.2 Å². The van der Waals surface area contributed by atoms with Crippen LogP contribution in [0.25, 0.3) is 0 Å². The van der Waals surface area contributed by atoms with Gasteiger partial charge in [-0.05, 0) is 24.3 Å². The number of carbonyl (C=O) groups excluding carboxylic acids is 2. The molecule has 0 bridgehead atoms.